The number of aromatic nitrogens is 2. The number of carbonyl (C=O) groups is 2. The number of aryl methyl sites for hydroxylation is 1. The molecule has 2 amide bonds. The summed E-state index contributed by atoms with van der Waals surface area (Å²) in [4.78, 5) is 32.5. The standard InChI is InChI=1S/C28H30N4O3/c1-31-17-9-14-25(31)27(33)29-16-15-21(18-20-10-5-4-6-11-20)32(2)28(34)23-19-26(35-3)30-24-13-8-7-12-22(23)24/h4-14,17,19,21H,15-16,18H2,1-3H3,(H,29,33). The van der Waals surface area contributed by atoms with Crippen LogP contribution in [0.25, 0.3) is 10.9 Å². The molecule has 0 spiro atoms. The molecule has 1 unspecified atom stereocenters. The van der Waals surface area contributed by atoms with Crippen LogP contribution in [-0.4, -0.2) is 53.0 Å². The number of hydrogen-bond acceptors (Lipinski definition) is 4. The van der Waals surface area contributed by atoms with Crippen molar-refractivity contribution in [1.82, 2.24) is 19.8 Å². The van der Waals surface area contributed by atoms with Crippen molar-refractivity contribution in [3.63, 3.8) is 0 Å². The maximum absolute atomic E-state index is 13.7. The molecule has 0 bridgehead atoms. The Labute approximate surface area is 205 Å². The monoisotopic (exact) mass is 470 g/mol. The number of hydrogen-bond donors (Lipinski definition) is 1. The van der Waals surface area contributed by atoms with Crippen LogP contribution in [0.15, 0.2) is 79.0 Å². The van der Waals surface area contributed by atoms with Gasteiger partial charge in [0, 0.05) is 44.3 Å². The van der Waals surface area contributed by atoms with Crippen LogP contribution >= 0.6 is 0 Å². The third kappa shape index (κ3) is 5.51. The Balaban J connectivity index is 1.56. The Kier molecular flexibility index (Phi) is 7.45. The Hall–Kier alpha value is -4.13. The minimum atomic E-state index is -0.130. The lowest BCUT2D eigenvalue weighted by atomic mass is 10.00. The van der Waals surface area contributed by atoms with E-state index in [0.717, 1.165) is 10.9 Å². The summed E-state index contributed by atoms with van der Waals surface area (Å²) in [6, 6.07) is 22.8. The lowest BCUT2D eigenvalue weighted by Gasteiger charge is -2.29. The van der Waals surface area contributed by atoms with E-state index in [0.29, 0.717) is 42.0 Å². The Morgan fingerprint density at radius 1 is 1.06 bits per heavy atom. The summed E-state index contributed by atoms with van der Waals surface area (Å²) in [6.07, 6.45) is 3.11. The van der Waals surface area contributed by atoms with Crippen molar-refractivity contribution in [3.8, 4) is 5.88 Å². The quantitative estimate of drug-likeness (QED) is 0.400. The third-order valence-electron chi connectivity index (χ3n) is 6.25. The number of benzene rings is 2. The summed E-state index contributed by atoms with van der Waals surface area (Å²) in [5.74, 6) is 0.154. The Morgan fingerprint density at radius 3 is 2.51 bits per heavy atom. The van der Waals surface area contributed by atoms with Crippen LogP contribution in [0, 0.1) is 0 Å². The van der Waals surface area contributed by atoms with E-state index in [2.05, 4.69) is 22.4 Å². The summed E-state index contributed by atoms with van der Waals surface area (Å²) >= 11 is 0. The second kappa shape index (κ2) is 10.9. The maximum Gasteiger partial charge on any atom is 0.267 e. The van der Waals surface area contributed by atoms with Gasteiger partial charge in [0.15, 0.2) is 0 Å². The van der Waals surface area contributed by atoms with Crippen molar-refractivity contribution in [2.24, 2.45) is 7.05 Å². The van der Waals surface area contributed by atoms with E-state index in [9.17, 15) is 9.59 Å². The number of nitrogens with one attached hydrogen (secondary N) is 1. The van der Waals surface area contributed by atoms with Gasteiger partial charge in [-0.3, -0.25) is 9.59 Å². The van der Waals surface area contributed by atoms with Gasteiger partial charge in [0.2, 0.25) is 5.88 Å². The molecule has 7 nitrogen and oxygen atoms in total. The molecule has 0 saturated heterocycles. The molecule has 0 fully saturated rings. The van der Waals surface area contributed by atoms with Crippen LogP contribution in [0.3, 0.4) is 0 Å². The van der Waals surface area contributed by atoms with E-state index in [1.165, 1.54) is 0 Å². The zero-order chi connectivity index (χ0) is 24.8. The lowest BCUT2D eigenvalue weighted by Crippen LogP contribution is -2.41. The predicted molar refractivity (Wildman–Crippen MR) is 137 cm³/mol. The third-order valence-corrected chi connectivity index (χ3v) is 6.25. The van der Waals surface area contributed by atoms with Gasteiger partial charge in [-0.05, 0) is 36.6 Å². The van der Waals surface area contributed by atoms with Gasteiger partial charge in [-0.15, -0.1) is 0 Å². The number of amides is 2. The highest BCUT2D eigenvalue weighted by Gasteiger charge is 2.24. The summed E-state index contributed by atoms with van der Waals surface area (Å²) in [6.45, 7) is 0.444. The molecule has 0 aliphatic heterocycles. The van der Waals surface area contributed by atoms with Crippen molar-refractivity contribution >= 4 is 22.7 Å². The zero-order valence-corrected chi connectivity index (χ0v) is 20.3. The van der Waals surface area contributed by atoms with Gasteiger partial charge in [-0.1, -0.05) is 48.5 Å². The molecule has 0 aliphatic carbocycles. The summed E-state index contributed by atoms with van der Waals surface area (Å²) in [7, 11) is 5.20. The molecule has 1 atom stereocenters. The second-order valence-corrected chi connectivity index (χ2v) is 8.54. The average molecular weight is 471 g/mol. The van der Waals surface area contributed by atoms with Gasteiger partial charge in [-0.2, -0.15) is 0 Å². The zero-order valence-electron chi connectivity index (χ0n) is 20.3. The van der Waals surface area contributed by atoms with Crippen LogP contribution in [0.2, 0.25) is 0 Å². The number of methoxy groups -OCH3 is 1. The first kappa shape index (κ1) is 24.0. The summed E-state index contributed by atoms with van der Waals surface area (Å²) < 4.78 is 7.14. The first-order chi connectivity index (χ1) is 17.0. The first-order valence-electron chi connectivity index (χ1n) is 11.6. The van der Waals surface area contributed by atoms with Crippen LogP contribution in [0.5, 0.6) is 5.88 Å². The number of rotatable bonds is 9. The van der Waals surface area contributed by atoms with Gasteiger partial charge in [0.1, 0.15) is 5.69 Å². The molecule has 1 N–H and O–H groups in total. The van der Waals surface area contributed by atoms with Crippen molar-refractivity contribution in [2.45, 2.75) is 18.9 Å². The SMILES string of the molecule is COc1cc(C(=O)N(C)C(CCNC(=O)c2cccn2C)Cc2ccccc2)c2ccccc2n1. The minimum absolute atomic E-state index is 0.114. The fourth-order valence-electron chi connectivity index (χ4n) is 4.25. The molecule has 4 aromatic rings. The van der Waals surface area contributed by atoms with Crippen molar-refractivity contribution in [1.29, 1.82) is 0 Å². The van der Waals surface area contributed by atoms with E-state index in [4.69, 9.17) is 4.74 Å². The van der Waals surface area contributed by atoms with Gasteiger partial charge < -0.3 is 19.5 Å². The van der Waals surface area contributed by atoms with Gasteiger partial charge >= 0.3 is 0 Å². The van der Waals surface area contributed by atoms with Gasteiger partial charge in [0.25, 0.3) is 11.8 Å². The molecule has 2 aromatic heterocycles. The molecule has 0 aliphatic rings. The molecular weight excluding hydrogens is 440 g/mol. The molecule has 0 saturated carbocycles. The van der Waals surface area contributed by atoms with E-state index in [1.54, 1.807) is 28.7 Å². The van der Waals surface area contributed by atoms with Crippen molar-refractivity contribution < 1.29 is 14.3 Å². The number of carbonyl (C=O) groups excluding carboxylic acids is 2. The van der Waals surface area contributed by atoms with E-state index >= 15 is 0 Å². The lowest BCUT2D eigenvalue weighted by molar-refractivity contribution is 0.0724. The number of para-hydroxylation sites is 1. The number of fused-ring (bicyclic) bond motifs is 1. The molecule has 180 valence electrons. The van der Waals surface area contributed by atoms with E-state index in [1.807, 2.05) is 68.8 Å². The van der Waals surface area contributed by atoms with Crippen molar-refractivity contribution in [2.75, 3.05) is 20.7 Å². The molecule has 2 heterocycles. The van der Waals surface area contributed by atoms with Gasteiger partial charge in [-0.25, -0.2) is 4.98 Å². The number of likely N-dealkylation sites (N-methyl/N-ethyl adjacent to an activating group) is 1. The molecule has 0 radical (unpaired) electrons. The highest BCUT2D eigenvalue weighted by Crippen LogP contribution is 2.24. The Bertz CT molecular complexity index is 1320. The fourth-order valence-corrected chi connectivity index (χ4v) is 4.25. The normalized spacial score (nSPS) is 11.7. The second-order valence-electron chi connectivity index (χ2n) is 8.54. The maximum atomic E-state index is 13.7. The van der Waals surface area contributed by atoms with Crippen LogP contribution in [-0.2, 0) is 13.5 Å². The summed E-state index contributed by atoms with van der Waals surface area (Å²) in [5.41, 5.74) is 2.98. The molecule has 35 heavy (non-hydrogen) atoms. The highest BCUT2D eigenvalue weighted by atomic mass is 16.5. The number of nitrogens with zero attached hydrogens (tertiary/aromatic N) is 3. The van der Waals surface area contributed by atoms with E-state index in [-0.39, 0.29) is 17.9 Å². The van der Waals surface area contributed by atoms with Crippen LogP contribution < -0.4 is 10.1 Å². The topological polar surface area (TPSA) is 76.5 Å². The smallest absolute Gasteiger partial charge is 0.267 e. The fraction of sp³-hybridized carbons (Fsp3) is 0.250. The predicted octanol–water partition coefficient (Wildman–Crippen LogP) is 4.09. The number of ether oxygens (including phenoxy) is 1. The highest BCUT2D eigenvalue weighted by molar-refractivity contribution is 6.06. The first-order valence-corrected chi connectivity index (χ1v) is 11.6. The Morgan fingerprint density at radius 2 is 1.80 bits per heavy atom. The van der Waals surface area contributed by atoms with Crippen molar-refractivity contribution in [3.05, 3.63) is 95.8 Å². The summed E-state index contributed by atoms with van der Waals surface area (Å²) in [5, 5.41) is 3.77. The molecule has 2 aromatic carbocycles. The molecule has 7 heteroatoms. The molecular formula is C28H30N4O3. The van der Waals surface area contributed by atoms with Crippen LogP contribution in [0.1, 0.15) is 32.8 Å². The van der Waals surface area contributed by atoms with Crippen LogP contribution in [0.4, 0.5) is 0 Å². The molecule has 4 rings (SSSR count). The van der Waals surface area contributed by atoms with E-state index < -0.39 is 0 Å². The average Bonchev–Trinajstić information content (AvgIpc) is 3.33. The number of pyridine rings is 1. The minimum Gasteiger partial charge on any atom is -0.481 e. The largest absolute Gasteiger partial charge is 0.481 e. The van der Waals surface area contributed by atoms with Gasteiger partial charge in [0.05, 0.1) is 18.2 Å².